The fourth-order valence-corrected chi connectivity index (χ4v) is 14.7. The Hall–Kier alpha value is 0.860. The molecule has 2 heterocycles. The SMILES string of the molecule is CC(C)[C@@H]1CC[C@@H](C(C)C)P1CCP1[C@H](C(C)C)CC[C@H]1C(C)C. The third-order valence-corrected chi connectivity index (χ3v) is 15.6. The molecular weight excluding hydrogens is 326 g/mol. The molecule has 0 aromatic heterocycles. The van der Waals surface area contributed by atoms with Crippen molar-refractivity contribution in [3.8, 4) is 0 Å². The summed E-state index contributed by atoms with van der Waals surface area (Å²) in [4.78, 5) is 0. The Kier molecular flexibility index (Phi) is 8.09. The molecule has 2 aliphatic rings. The summed E-state index contributed by atoms with van der Waals surface area (Å²) < 4.78 is 0. The van der Waals surface area contributed by atoms with Crippen LogP contribution in [0.15, 0.2) is 0 Å². The molecule has 2 aliphatic heterocycles. The molecule has 0 nitrogen and oxygen atoms in total. The van der Waals surface area contributed by atoms with Crippen LogP contribution in [0.4, 0.5) is 0 Å². The standard InChI is InChI=1S/C22H44P2/c1-15(2)19-9-10-20(16(3)4)23(19)13-14-24-21(17(5)6)11-12-22(24)18(7)8/h15-22H,9-14H2,1-8H3/t19-,20-,21-,22-/m0/s1. The van der Waals surface area contributed by atoms with Crippen molar-refractivity contribution in [1.29, 1.82) is 0 Å². The van der Waals surface area contributed by atoms with Gasteiger partial charge < -0.3 is 0 Å². The van der Waals surface area contributed by atoms with Crippen LogP contribution in [0, 0.1) is 23.7 Å². The Labute approximate surface area is 155 Å². The first kappa shape index (κ1) is 21.2. The van der Waals surface area contributed by atoms with Gasteiger partial charge in [-0.25, -0.2) is 0 Å². The van der Waals surface area contributed by atoms with Gasteiger partial charge in [0.15, 0.2) is 0 Å². The Morgan fingerprint density at radius 3 is 0.875 bits per heavy atom. The van der Waals surface area contributed by atoms with Crippen LogP contribution in [-0.4, -0.2) is 35.0 Å². The van der Waals surface area contributed by atoms with Crippen molar-refractivity contribution in [2.75, 3.05) is 12.3 Å². The van der Waals surface area contributed by atoms with Crippen molar-refractivity contribution in [3.63, 3.8) is 0 Å². The van der Waals surface area contributed by atoms with E-state index in [1.54, 1.807) is 12.3 Å². The smallest absolute Gasteiger partial charge is 0.0183 e. The van der Waals surface area contributed by atoms with Crippen LogP contribution in [0.3, 0.4) is 0 Å². The quantitative estimate of drug-likeness (QED) is 0.404. The highest BCUT2D eigenvalue weighted by molar-refractivity contribution is 7.63. The van der Waals surface area contributed by atoms with E-state index in [1.165, 1.54) is 25.7 Å². The van der Waals surface area contributed by atoms with Gasteiger partial charge in [0.1, 0.15) is 0 Å². The van der Waals surface area contributed by atoms with Crippen LogP contribution in [-0.2, 0) is 0 Å². The van der Waals surface area contributed by atoms with Gasteiger partial charge in [-0.15, -0.1) is 0 Å². The molecule has 2 fully saturated rings. The molecule has 0 N–H and O–H groups in total. The van der Waals surface area contributed by atoms with Crippen molar-refractivity contribution >= 4 is 15.8 Å². The summed E-state index contributed by atoms with van der Waals surface area (Å²) in [7, 11) is 0.545. The largest absolute Gasteiger partial charge is 0.0995 e. The summed E-state index contributed by atoms with van der Waals surface area (Å²) in [5.41, 5.74) is 4.28. The Morgan fingerprint density at radius 1 is 0.500 bits per heavy atom. The second-order valence-corrected chi connectivity index (χ2v) is 15.5. The van der Waals surface area contributed by atoms with Crippen LogP contribution in [0.25, 0.3) is 0 Å². The van der Waals surface area contributed by atoms with Gasteiger partial charge in [-0.2, -0.15) is 0 Å². The first-order valence-corrected chi connectivity index (χ1v) is 14.1. The zero-order chi connectivity index (χ0) is 18.0. The topological polar surface area (TPSA) is 0 Å². The van der Waals surface area contributed by atoms with E-state index in [0.29, 0.717) is 0 Å². The van der Waals surface area contributed by atoms with Crippen LogP contribution >= 0.6 is 15.8 Å². The normalized spacial score (nSPS) is 33.0. The molecular formula is C22H44P2. The average molecular weight is 371 g/mol. The highest BCUT2D eigenvalue weighted by Gasteiger charge is 2.42. The summed E-state index contributed by atoms with van der Waals surface area (Å²) in [6, 6.07) is 0. The molecule has 0 saturated carbocycles. The van der Waals surface area contributed by atoms with Crippen molar-refractivity contribution < 1.29 is 0 Å². The van der Waals surface area contributed by atoms with E-state index in [1.807, 2.05) is 0 Å². The summed E-state index contributed by atoms with van der Waals surface area (Å²) in [6.07, 6.45) is 9.35. The van der Waals surface area contributed by atoms with Crippen molar-refractivity contribution in [2.45, 2.75) is 104 Å². The van der Waals surface area contributed by atoms with E-state index in [-0.39, 0.29) is 15.8 Å². The number of rotatable bonds is 7. The van der Waals surface area contributed by atoms with Crippen LogP contribution in [0.2, 0.25) is 0 Å². The van der Waals surface area contributed by atoms with Gasteiger partial charge in [0, 0.05) is 0 Å². The second kappa shape index (κ2) is 9.18. The Bertz CT molecular complexity index is 306. The van der Waals surface area contributed by atoms with E-state index in [2.05, 4.69) is 55.4 Å². The summed E-state index contributed by atoms with van der Waals surface area (Å²) in [5, 5.41) is 0. The molecule has 0 radical (unpaired) electrons. The number of hydrogen-bond donors (Lipinski definition) is 0. The zero-order valence-electron chi connectivity index (χ0n) is 17.8. The lowest BCUT2D eigenvalue weighted by molar-refractivity contribution is 0.543. The average Bonchev–Trinajstić information content (AvgIpc) is 3.08. The minimum atomic E-state index is 0.273. The Balaban J connectivity index is 2.07. The van der Waals surface area contributed by atoms with E-state index < -0.39 is 0 Å². The lowest BCUT2D eigenvalue weighted by atomic mass is 10.0. The summed E-state index contributed by atoms with van der Waals surface area (Å²) in [5.74, 6) is 3.66. The van der Waals surface area contributed by atoms with Gasteiger partial charge in [0.25, 0.3) is 0 Å². The van der Waals surface area contributed by atoms with Crippen LogP contribution in [0.5, 0.6) is 0 Å². The molecule has 4 atom stereocenters. The lowest BCUT2D eigenvalue weighted by Gasteiger charge is -2.35. The molecule has 0 aromatic carbocycles. The van der Waals surface area contributed by atoms with Crippen molar-refractivity contribution in [2.24, 2.45) is 23.7 Å². The van der Waals surface area contributed by atoms with Gasteiger partial charge in [-0.05, 0) is 84.3 Å². The molecule has 2 saturated heterocycles. The molecule has 0 spiro atoms. The summed E-state index contributed by atoms with van der Waals surface area (Å²) >= 11 is 0. The van der Waals surface area contributed by atoms with Gasteiger partial charge in [-0.1, -0.05) is 71.2 Å². The van der Waals surface area contributed by atoms with Gasteiger partial charge >= 0.3 is 0 Å². The molecule has 0 amide bonds. The van der Waals surface area contributed by atoms with Crippen molar-refractivity contribution in [1.82, 2.24) is 0 Å². The van der Waals surface area contributed by atoms with Gasteiger partial charge in [0.05, 0.1) is 0 Å². The fraction of sp³-hybridized carbons (Fsp3) is 1.00. The van der Waals surface area contributed by atoms with E-state index in [4.69, 9.17) is 0 Å². The molecule has 0 unspecified atom stereocenters. The minimum Gasteiger partial charge on any atom is -0.0995 e. The maximum absolute atomic E-state index is 2.50. The summed E-state index contributed by atoms with van der Waals surface area (Å²) in [6.45, 7) is 20.0. The van der Waals surface area contributed by atoms with E-state index in [0.717, 1.165) is 46.3 Å². The Morgan fingerprint density at radius 2 is 0.708 bits per heavy atom. The molecule has 2 rings (SSSR count). The van der Waals surface area contributed by atoms with Crippen molar-refractivity contribution in [3.05, 3.63) is 0 Å². The predicted molar refractivity (Wildman–Crippen MR) is 117 cm³/mol. The first-order chi connectivity index (χ1) is 11.2. The van der Waals surface area contributed by atoms with E-state index >= 15 is 0 Å². The third kappa shape index (κ3) is 4.77. The fourth-order valence-electron chi connectivity index (χ4n) is 5.60. The lowest BCUT2D eigenvalue weighted by Crippen LogP contribution is -2.21. The molecule has 0 aliphatic carbocycles. The first-order valence-electron chi connectivity index (χ1n) is 10.8. The molecule has 142 valence electrons. The second-order valence-electron chi connectivity index (χ2n) is 9.88. The minimum absolute atomic E-state index is 0.273. The van der Waals surface area contributed by atoms with Gasteiger partial charge in [-0.3, -0.25) is 0 Å². The highest BCUT2D eigenvalue weighted by Crippen LogP contribution is 2.65. The third-order valence-electron chi connectivity index (χ3n) is 6.91. The van der Waals surface area contributed by atoms with E-state index in [9.17, 15) is 0 Å². The predicted octanol–water partition coefficient (Wildman–Crippen LogP) is 7.64. The number of hydrogen-bond acceptors (Lipinski definition) is 0. The van der Waals surface area contributed by atoms with Gasteiger partial charge in [0.2, 0.25) is 0 Å². The zero-order valence-corrected chi connectivity index (χ0v) is 19.5. The van der Waals surface area contributed by atoms with Crippen LogP contribution in [0.1, 0.15) is 81.1 Å². The monoisotopic (exact) mass is 370 g/mol. The molecule has 2 heteroatoms. The maximum Gasteiger partial charge on any atom is -0.0183 e. The molecule has 24 heavy (non-hydrogen) atoms. The highest BCUT2D eigenvalue weighted by atomic mass is 31.1. The van der Waals surface area contributed by atoms with Crippen LogP contribution < -0.4 is 0 Å². The molecule has 0 aromatic rings. The molecule has 0 bridgehead atoms. The maximum atomic E-state index is 2.50.